The molecule has 0 amide bonds. The lowest BCUT2D eigenvalue weighted by molar-refractivity contribution is 0.449. The molecule has 26 heavy (non-hydrogen) atoms. The standard InChI is InChI=1S/C17H13F4N5/c18-11-3-1-10(2-4-11)7-8-22-14-9-23-26-17(25-14)24-13-6-5-12(19)15(20)16(13)21/h1-6,9H,7-8H2,(H2,22,24,25,26). The van der Waals surface area contributed by atoms with E-state index in [0.717, 1.165) is 17.7 Å². The smallest absolute Gasteiger partial charge is 0.249 e. The van der Waals surface area contributed by atoms with Crippen LogP contribution in [-0.4, -0.2) is 21.7 Å². The van der Waals surface area contributed by atoms with Gasteiger partial charge in [0, 0.05) is 6.54 Å². The molecule has 5 nitrogen and oxygen atoms in total. The zero-order valence-corrected chi connectivity index (χ0v) is 13.3. The number of halogens is 4. The molecule has 0 unspecified atom stereocenters. The van der Waals surface area contributed by atoms with Gasteiger partial charge in [0.1, 0.15) is 5.82 Å². The molecular formula is C17H13F4N5. The van der Waals surface area contributed by atoms with E-state index in [1.54, 1.807) is 12.1 Å². The second kappa shape index (κ2) is 7.77. The third kappa shape index (κ3) is 4.24. The van der Waals surface area contributed by atoms with E-state index < -0.39 is 17.5 Å². The predicted octanol–water partition coefficient (Wildman–Crippen LogP) is 3.83. The van der Waals surface area contributed by atoms with Gasteiger partial charge in [-0.1, -0.05) is 12.1 Å². The van der Waals surface area contributed by atoms with Crippen molar-refractivity contribution in [2.75, 3.05) is 17.2 Å². The second-order valence-corrected chi connectivity index (χ2v) is 5.32. The molecule has 0 fully saturated rings. The van der Waals surface area contributed by atoms with Crippen molar-refractivity contribution < 1.29 is 17.6 Å². The van der Waals surface area contributed by atoms with Crippen molar-refractivity contribution in [2.45, 2.75) is 6.42 Å². The molecule has 2 aromatic carbocycles. The summed E-state index contributed by atoms with van der Waals surface area (Å²) in [6, 6.07) is 7.92. The van der Waals surface area contributed by atoms with Gasteiger partial charge in [0.05, 0.1) is 11.9 Å². The zero-order valence-electron chi connectivity index (χ0n) is 13.3. The quantitative estimate of drug-likeness (QED) is 0.515. The molecule has 0 saturated carbocycles. The molecule has 2 N–H and O–H groups in total. The SMILES string of the molecule is Fc1ccc(CCNc2cnnc(Nc3ccc(F)c(F)c3F)n2)cc1. The summed E-state index contributed by atoms with van der Waals surface area (Å²) in [6.45, 7) is 0.489. The second-order valence-electron chi connectivity index (χ2n) is 5.32. The van der Waals surface area contributed by atoms with Crippen LogP contribution in [0.25, 0.3) is 0 Å². The molecule has 0 aliphatic heterocycles. The van der Waals surface area contributed by atoms with Crippen molar-refractivity contribution in [3.63, 3.8) is 0 Å². The van der Waals surface area contributed by atoms with Crippen molar-refractivity contribution in [3.8, 4) is 0 Å². The Morgan fingerprint density at radius 1 is 0.885 bits per heavy atom. The summed E-state index contributed by atoms with van der Waals surface area (Å²) in [5, 5.41) is 12.8. The van der Waals surface area contributed by atoms with E-state index in [-0.39, 0.29) is 17.5 Å². The number of hydrogen-bond donors (Lipinski definition) is 2. The Hall–Kier alpha value is -3.23. The number of anilines is 3. The highest BCUT2D eigenvalue weighted by Gasteiger charge is 2.14. The lowest BCUT2D eigenvalue weighted by atomic mass is 10.1. The van der Waals surface area contributed by atoms with Gasteiger partial charge in [0.2, 0.25) is 5.95 Å². The molecular weight excluding hydrogens is 350 g/mol. The minimum atomic E-state index is -1.59. The van der Waals surface area contributed by atoms with Crippen LogP contribution in [0.15, 0.2) is 42.6 Å². The van der Waals surface area contributed by atoms with E-state index in [2.05, 4.69) is 25.8 Å². The molecule has 0 saturated heterocycles. The van der Waals surface area contributed by atoms with Gasteiger partial charge in [-0.2, -0.15) is 10.1 Å². The fourth-order valence-corrected chi connectivity index (χ4v) is 2.17. The first-order chi connectivity index (χ1) is 12.5. The van der Waals surface area contributed by atoms with Gasteiger partial charge in [-0.25, -0.2) is 17.6 Å². The average molecular weight is 363 g/mol. The Morgan fingerprint density at radius 2 is 1.65 bits per heavy atom. The van der Waals surface area contributed by atoms with Crippen LogP contribution < -0.4 is 10.6 Å². The minimum absolute atomic E-state index is 0.0818. The molecule has 9 heteroatoms. The van der Waals surface area contributed by atoms with Crippen molar-refractivity contribution in [3.05, 3.63) is 71.4 Å². The first-order valence-corrected chi connectivity index (χ1v) is 7.61. The Bertz CT molecular complexity index is 902. The Labute approximate surface area is 146 Å². The number of rotatable bonds is 6. The lowest BCUT2D eigenvalue weighted by Gasteiger charge is -2.09. The fourth-order valence-electron chi connectivity index (χ4n) is 2.17. The van der Waals surface area contributed by atoms with E-state index in [9.17, 15) is 17.6 Å². The summed E-state index contributed by atoms with van der Waals surface area (Å²) in [6.07, 6.45) is 1.97. The highest BCUT2D eigenvalue weighted by atomic mass is 19.2. The first kappa shape index (κ1) is 17.6. The Morgan fingerprint density at radius 3 is 2.42 bits per heavy atom. The van der Waals surface area contributed by atoms with Gasteiger partial charge in [0.25, 0.3) is 0 Å². The van der Waals surface area contributed by atoms with Gasteiger partial charge >= 0.3 is 0 Å². The highest BCUT2D eigenvalue weighted by Crippen LogP contribution is 2.22. The maximum atomic E-state index is 13.7. The van der Waals surface area contributed by atoms with Crippen LogP contribution in [-0.2, 0) is 6.42 Å². The van der Waals surface area contributed by atoms with E-state index in [4.69, 9.17) is 0 Å². The molecule has 3 aromatic rings. The Kier molecular flexibility index (Phi) is 5.26. The molecule has 0 radical (unpaired) electrons. The molecule has 0 spiro atoms. The van der Waals surface area contributed by atoms with Crippen LogP contribution in [0, 0.1) is 23.3 Å². The largest absolute Gasteiger partial charge is 0.368 e. The topological polar surface area (TPSA) is 62.7 Å². The van der Waals surface area contributed by atoms with Gasteiger partial charge in [-0.05, 0) is 36.2 Å². The normalized spacial score (nSPS) is 10.6. The number of benzene rings is 2. The summed E-state index contributed by atoms with van der Waals surface area (Å²) in [5.41, 5.74) is 0.622. The maximum Gasteiger partial charge on any atom is 0.249 e. The third-order valence-electron chi connectivity index (χ3n) is 3.47. The number of nitrogens with zero attached hydrogens (tertiary/aromatic N) is 3. The van der Waals surface area contributed by atoms with Crippen molar-refractivity contribution >= 4 is 17.5 Å². The zero-order chi connectivity index (χ0) is 18.5. The van der Waals surface area contributed by atoms with Crippen molar-refractivity contribution in [1.82, 2.24) is 15.2 Å². The molecule has 3 rings (SSSR count). The fraction of sp³-hybridized carbons (Fsp3) is 0.118. The molecule has 1 aromatic heterocycles. The summed E-state index contributed by atoms with van der Waals surface area (Å²) in [4.78, 5) is 4.07. The Balaban J connectivity index is 1.63. The minimum Gasteiger partial charge on any atom is -0.368 e. The van der Waals surface area contributed by atoms with Gasteiger partial charge in [0.15, 0.2) is 23.3 Å². The van der Waals surface area contributed by atoms with E-state index >= 15 is 0 Å². The van der Waals surface area contributed by atoms with Crippen LogP contribution in [0.2, 0.25) is 0 Å². The van der Waals surface area contributed by atoms with Crippen molar-refractivity contribution in [1.29, 1.82) is 0 Å². The number of nitrogens with one attached hydrogen (secondary N) is 2. The number of aromatic nitrogens is 3. The highest BCUT2D eigenvalue weighted by molar-refractivity contribution is 5.55. The predicted molar refractivity (Wildman–Crippen MR) is 88.0 cm³/mol. The summed E-state index contributed by atoms with van der Waals surface area (Å²) >= 11 is 0. The van der Waals surface area contributed by atoms with Crippen LogP contribution in [0.1, 0.15) is 5.56 Å². The van der Waals surface area contributed by atoms with E-state index in [0.29, 0.717) is 18.8 Å². The number of hydrogen-bond acceptors (Lipinski definition) is 5. The van der Waals surface area contributed by atoms with Crippen LogP contribution in [0.3, 0.4) is 0 Å². The van der Waals surface area contributed by atoms with Gasteiger partial charge in [-0.15, -0.1) is 5.10 Å². The van der Waals surface area contributed by atoms with Gasteiger partial charge in [-0.3, -0.25) is 0 Å². The van der Waals surface area contributed by atoms with Crippen LogP contribution >= 0.6 is 0 Å². The molecule has 0 aliphatic rings. The van der Waals surface area contributed by atoms with Crippen LogP contribution in [0.5, 0.6) is 0 Å². The van der Waals surface area contributed by atoms with E-state index in [1.807, 2.05) is 0 Å². The molecule has 0 bridgehead atoms. The van der Waals surface area contributed by atoms with Crippen molar-refractivity contribution in [2.24, 2.45) is 0 Å². The summed E-state index contributed by atoms with van der Waals surface area (Å²) in [5.74, 6) is -4.28. The third-order valence-corrected chi connectivity index (χ3v) is 3.47. The molecule has 0 aliphatic carbocycles. The van der Waals surface area contributed by atoms with Crippen LogP contribution in [0.4, 0.5) is 35.0 Å². The molecule has 134 valence electrons. The summed E-state index contributed by atoms with van der Waals surface area (Å²) < 4.78 is 52.7. The molecule has 1 heterocycles. The molecule has 0 atom stereocenters. The van der Waals surface area contributed by atoms with E-state index in [1.165, 1.54) is 18.3 Å². The summed E-state index contributed by atoms with van der Waals surface area (Å²) in [7, 11) is 0. The van der Waals surface area contributed by atoms with Gasteiger partial charge < -0.3 is 10.6 Å². The average Bonchev–Trinajstić information content (AvgIpc) is 2.64. The first-order valence-electron chi connectivity index (χ1n) is 7.61. The monoisotopic (exact) mass is 363 g/mol. The lowest BCUT2D eigenvalue weighted by Crippen LogP contribution is -2.09. The maximum absolute atomic E-state index is 13.7.